The number of rotatable bonds is 7. The molecule has 6 heteroatoms. The molecule has 0 radical (unpaired) electrons. The van der Waals surface area contributed by atoms with Gasteiger partial charge in [-0.3, -0.25) is 9.69 Å². The van der Waals surface area contributed by atoms with E-state index in [9.17, 15) is 9.90 Å². The SMILES string of the molecule is CC(C)N(C(=O)c1cc(-c2ccccc2)nc2ccc(C(O)CN3CCOCC3)cc12)C(C)C. The summed E-state index contributed by atoms with van der Waals surface area (Å²) in [7, 11) is 0. The van der Waals surface area contributed by atoms with E-state index >= 15 is 0 Å². The fourth-order valence-electron chi connectivity index (χ4n) is 4.72. The highest BCUT2D eigenvalue weighted by Gasteiger charge is 2.25. The van der Waals surface area contributed by atoms with E-state index in [0.29, 0.717) is 25.3 Å². The van der Waals surface area contributed by atoms with E-state index in [1.54, 1.807) is 0 Å². The minimum atomic E-state index is -0.648. The number of carbonyl (C=O) groups is 1. The molecule has 1 aromatic heterocycles. The van der Waals surface area contributed by atoms with Crippen molar-refractivity contribution in [1.82, 2.24) is 14.8 Å². The number of nitrogens with zero attached hydrogens (tertiary/aromatic N) is 3. The number of fused-ring (bicyclic) bond motifs is 1. The van der Waals surface area contributed by atoms with Crippen LogP contribution in [0.5, 0.6) is 0 Å². The topological polar surface area (TPSA) is 65.9 Å². The van der Waals surface area contributed by atoms with Crippen LogP contribution in [0.15, 0.2) is 54.6 Å². The second-order valence-corrected chi connectivity index (χ2v) is 9.53. The van der Waals surface area contributed by atoms with Crippen molar-refractivity contribution >= 4 is 16.8 Å². The predicted octanol–water partition coefficient (Wildman–Crippen LogP) is 4.53. The number of aromatic nitrogens is 1. The van der Waals surface area contributed by atoms with E-state index in [4.69, 9.17) is 9.72 Å². The number of carbonyl (C=O) groups excluding carboxylic acids is 1. The summed E-state index contributed by atoms with van der Waals surface area (Å²) in [5.41, 5.74) is 3.90. The summed E-state index contributed by atoms with van der Waals surface area (Å²) in [6, 6.07) is 17.7. The molecule has 1 unspecified atom stereocenters. The zero-order valence-electron chi connectivity index (χ0n) is 20.6. The number of pyridine rings is 1. The van der Waals surface area contributed by atoms with Gasteiger partial charge < -0.3 is 14.7 Å². The first-order valence-corrected chi connectivity index (χ1v) is 12.2. The van der Waals surface area contributed by atoms with Crippen LogP contribution in [-0.4, -0.2) is 70.7 Å². The fourth-order valence-corrected chi connectivity index (χ4v) is 4.72. The summed E-state index contributed by atoms with van der Waals surface area (Å²) in [5, 5.41) is 11.8. The number of hydrogen-bond acceptors (Lipinski definition) is 5. The van der Waals surface area contributed by atoms with Gasteiger partial charge in [-0.05, 0) is 51.5 Å². The Morgan fingerprint density at radius 1 is 1.03 bits per heavy atom. The Morgan fingerprint density at radius 2 is 1.71 bits per heavy atom. The van der Waals surface area contributed by atoms with Crippen molar-refractivity contribution in [3.05, 3.63) is 65.7 Å². The normalized spacial score (nSPS) is 15.7. The number of aliphatic hydroxyl groups is 1. The van der Waals surface area contributed by atoms with E-state index in [-0.39, 0.29) is 18.0 Å². The third-order valence-electron chi connectivity index (χ3n) is 6.40. The molecule has 1 fully saturated rings. The van der Waals surface area contributed by atoms with Crippen LogP contribution in [0.2, 0.25) is 0 Å². The van der Waals surface area contributed by atoms with Crippen molar-refractivity contribution in [3.8, 4) is 11.3 Å². The maximum Gasteiger partial charge on any atom is 0.255 e. The first kappa shape index (κ1) is 24.3. The van der Waals surface area contributed by atoms with Gasteiger partial charge in [0.15, 0.2) is 0 Å². The molecule has 1 aliphatic rings. The molecule has 0 saturated carbocycles. The van der Waals surface area contributed by atoms with Crippen LogP contribution in [0.25, 0.3) is 22.2 Å². The van der Waals surface area contributed by atoms with Gasteiger partial charge >= 0.3 is 0 Å². The number of hydrogen-bond donors (Lipinski definition) is 1. The molecule has 1 amide bonds. The summed E-state index contributed by atoms with van der Waals surface area (Å²) in [6.45, 7) is 11.7. The molecule has 0 aliphatic carbocycles. The zero-order chi connectivity index (χ0) is 24.2. The van der Waals surface area contributed by atoms with Crippen LogP contribution >= 0.6 is 0 Å². The number of morpholine rings is 1. The van der Waals surface area contributed by atoms with Crippen molar-refractivity contribution in [3.63, 3.8) is 0 Å². The Bertz CT molecular complexity index is 1120. The van der Waals surface area contributed by atoms with E-state index < -0.39 is 6.10 Å². The molecular weight excluding hydrogens is 426 g/mol. The van der Waals surface area contributed by atoms with Crippen molar-refractivity contribution in [1.29, 1.82) is 0 Å². The quantitative estimate of drug-likeness (QED) is 0.560. The third-order valence-corrected chi connectivity index (χ3v) is 6.40. The predicted molar refractivity (Wildman–Crippen MR) is 136 cm³/mol. The third kappa shape index (κ3) is 5.30. The smallest absolute Gasteiger partial charge is 0.255 e. The van der Waals surface area contributed by atoms with Crippen LogP contribution in [0.1, 0.15) is 49.7 Å². The second-order valence-electron chi connectivity index (χ2n) is 9.53. The maximum atomic E-state index is 13.8. The largest absolute Gasteiger partial charge is 0.387 e. The summed E-state index contributed by atoms with van der Waals surface area (Å²) < 4.78 is 5.42. The van der Waals surface area contributed by atoms with E-state index in [2.05, 4.69) is 4.90 Å². The monoisotopic (exact) mass is 461 g/mol. The van der Waals surface area contributed by atoms with Gasteiger partial charge in [0.25, 0.3) is 5.91 Å². The first-order valence-electron chi connectivity index (χ1n) is 12.2. The molecule has 1 aliphatic heterocycles. The molecule has 3 aromatic rings. The minimum absolute atomic E-state index is 0.0191. The van der Waals surface area contributed by atoms with E-state index in [1.807, 2.05) is 87.2 Å². The van der Waals surface area contributed by atoms with Gasteiger partial charge in [-0.15, -0.1) is 0 Å². The second kappa shape index (κ2) is 10.6. The van der Waals surface area contributed by atoms with Gasteiger partial charge in [0.2, 0.25) is 0 Å². The Balaban J connectivity index is 1.79. The van der Waals surface area contributed by atoms with Crippen LogP contribution in [0, 0.1) is 0 Å². The van der Waals surface area contributed by atoms with E-state index in [1.165, 1.54) is 0 Å². The molecule has 1 saturated heterocycles. The molecule has 1 atom stereocenters. The Labute approximate surface area is 202 Å². The molecule has 0 bridgehead atoms. The molecule has 2 aromatic carbocycles. The van der Waals surface area contributed by atoms with Crippen molar-refractivity contribution in [2.24, 2.45) is 0 Å². The van der Waals surface area contributed by atoms with Crippen molar-refractivity contribution in [2.45, 2.75) is 45.9 Å². The molecule has 2 heterocycles. The fraction of sp³-hybridized carbons (Fsp3) is 0.429. The highest BCUT2D eigenvalue weighted by Crippen LogP contribution is 2.29. The summed E-state index contributed by atoms with van der Waals surface area (Å²) >= 11 is 0. The Hall–Kier alpha value is -2.80. The average molecular weight is 462 g/mol. The lowest BCUT2D eigenvalue weighted by Crippen LogP contribution is -2.42. The van der Waals surface area contributed by atoms with Crippen molar-refractivity contribution < 1.29 is 14.6 Å². The summed E-state index contributed by atoms with van der Waals surface area (Å²) in [4.78, 5) is 22.8. The van der Waals surface area contributed by atoms with Gasteiger partial charge in [-0.25, -0.2) is 4.98 Å². The molecule has 4 rings (SSSR count). The van der Waals surface area contributed by atoms with Gasteiger partial charge in [0, 0.05) is 42.7 Å². The minimum Gasteiger partial charge on any atom is -0.387 e. The summed E-state index contributed by atoms with van der Waals surface area (Å²) in [5.74, 6) is -0.0191. The lowest BCUT2D eigenvalue weighted by molar-refractivity contribution is 0.0143. The number of benzene rings is 2. The molecule has 180 valence electrons. The molecule has 1 N–H and O–H groups in total. The Kier molecular flexibility index (Phi) is 7.61. The number of amides is 1. The van der Waals surface area contributed by atoms with Crippen LogP contribution in [-0.2, 0) is 4.74 Å². The highest BCUT2D eigenvalue weighted by molar-refractivity contribution is 6.07. The van der Waals surface area contributed by atoms with Gasteiger partial charge in [-0.1, -0.05) is 36.4 Å². The van der Waals surface area contributed by atoms with Crippen LogP contribution in [0.4, 0.5) is 0 Å². The van der Waals surface area contributed by atoms with Gasteiger partial charge in [0.1, 0.15) is 0 Å². The highest BCUT2D eigenvalue weighted by atomic mass is 16.5. The zero-order valence-corrected chi connectivity index (χ0v) is 20.6. The first-order chi connectivity index (χ1) is 16.3. The van der Waals surface area contributed by atoms with Crippen molar-refractivity contribution in [2.75, 3.05) is 32.8 Å². The molecule has 6 nitrogen and oxygen atoms in total. The standard InChI is InChI=1S/C28H35N3O3/c1-19(2)31(20(3)4)28(33)24-17-26(21-8-6-5-7-9-21)29-25-11-10-22(16-23(24)25)27(32)18-30-12-14-34-15-13-30/h5-11,16-17,19-20,27,32H,12-15,18H2,1-4H3. The van der Waals surface area contributed by atoms with Crippen LogP contribution in [0.3, 0.4) is 0 Å². The summed E-state index contributed by atoms with van der Waals surface area (Å²) in [6.07, 6.45) is -0.648. The Morgan fingerprint density at radius 3 is 2.35 bits per heavy atom. The maximum absolute atomic E-state index is 13.8. The lowest BCUT2D eigenvalue weighted by atomic mass is 9.98. The molecule has 34 heavy (non-hydrogen) atoms. The average Bonchev–Trinajstić information content (AvgIpc) is 2.83. The lowest BCUT2D eigenvalue weighted by Gasteiger charge is -2.31. The number of aliphatic hydroxyl groups excluding tert-OH is 1. The van der Waals surface area contributed by atoms with Crippen LogP contribution < -0.4 is 0 Å². The molecule has 0 spiro atoms. The molecular formula is C28H35N3O3. The number of β-amino-alcohol motifs (C(OH)–C–C–N with tert-alkyl or cyclic N) is 1. The van der Waals surface area contributed by atoms with Gasteiger partial charge in [0.05, 0.1) is 36.1 Å². The number of ether oxygens (including phenoxy) is 1. The van der Waals surface area contributed by atoms with Gasteiger partial charge in [-0.2, -0.15) is 0 Å². The van der Waals surface area contributed by atoms with E-state index in [0.717, 1.165) is 40.8 Å².